The fourth-order valence-electron chi connectivity index (χ4n) is 11.9. The van der Waals surface area contributed by atoms with Crippen LogP contribution in [0.3, 0.4) is 0 Å². The van der Waals surface area contributed by atoms with Crippen molar-refractivity contribution < 1.29 is 0 Å². The van der Waals surface area contributed by atoms with Crippen LogP contribution in [0.4, 0.5) is 34.1 Å². The second-order valence-electron chi connectivity index (χ2n) is 20.2. The molecule has 0 atom stereocenters. The average molecular weight is 801 g/mol. The van der Waals surface area contributed by atoms with Gasteiger partial charge in [-0.15, -0.1) is 0 Å². The minimum atomic E-state index is -0.246. The monoisotopic (exact) mass is 800 g/mol. The highest BCUT2D eigenvalue weighted by Crippen LogP contribution is 2.60. The number of anilines is 6. The molecule has 2 nitrogen and oxygen atoms in total. The van der Waals surface area contributed by atoms with Gasteiger partial charge in [0.15, 0.2) is 0 Å². The summed E-state index contributed by atoms with van der Waals surface area (Å²) in [7, 11) is 0. The number of rotatable bonds is 3. The minimum Gasteiger partial charge on any atom is -0.310 e. The molecule has 62 heavy (non-hydrogen) atoms. The molecule has 8 aromatic carbocycles. The topological polar surface area (TPSA) is 6.48 Å². The first-order valence-corrected chi connectivity index (χ1v) is 22.4. The zero-order chi connectivity index (χ0) is 42.5. The van der Waals surface area contributed by atoms with Crippen molar-refractivity contribution in [3.05, 3.63) is 214 Å². The summed E-state index contributed by atoms with van der Waals surface area (Å²) in [6.45, 7) is 19.2. The third kappa shape index (κ3) is 4.87. The normalized spacial score (nSPS) is 17.2. The third-order valence-electron chi connectivity index (χ3n) is 15.4. The fraction of sp³-hybridized carbons (Fsp3) is 0.200. The van der Waals surface area contributed by atoms with Gasteiger partial charge in [-0.05, 0) is 145 Å². The summed E-state index contributed by atoms with van der Waals surface area (Å²) in [5.74, 6) is 0. The number of hydrogen-bond donors (Lipinski definition) is 0. The highest BCUT2D eigenvalue weighted by molar-refractivity contribution is 5.94. The van der Waals surface area contributed by atoms with E-state index in [0.717, 1.165) is 0 Å². The van der Waals surface area contributed by atoms with Gasteiger partial charge in [0.2, 0.25) is 0 Å². The minimum absolute atomic E-state index is 0.0825. The molecule has 0 amide bonds. The Morgan fingerprint density at radius 3 is 1.23 bits per heavy atom. The smallest absolute Gasteiger partial charge is 0.0506 e. The average Bonchev–Trinajstić information content (AvgIpc) is 3.65. The van der Waals surface area contributed by atoms with Crippen LogP contribution in [0, 0.1) is 0 Å². The molecule has 0 spiro atoms. The molecule has 12 rings (SSSR count). The van der Waals surface area contributed by atoms with Crippen molar-refractivity contribution in [2.75, 3.05) is 9.80 Å². The molecule has 2 heterocycles. The largest absolute Gasteiger partial charge is 0.310 e. The molecule has 2 aliphatic carbocycles. The van der Waals surface area contributed by atoms with Crippen LogP contribution in [0.2, 0.25) is 0 Å². The van der Waals surface area contributed by atoms with Crippen molar-refractivity contribution in [3.63, 3.8) is 0 Å². The van der Waals surface area contributed by atoms with Crippen LogP contribution in [0.1, 0.15) is 99.9 Å². The molecule has 0 saturated heterocycles. The first-order valence-electron chi connectivity index (χ1n) is 22.4. The molecule has 0 bridgehead atoms. The lowest BCUT2D eigenvalue weighted by Crippen LogP contribution is -2.31. The SMILES string of the molecule is CC1(C)c2ccccc2-c2cc3c(cc21)N(c1ccc(-c2ccc4c(c2)C(C)(C)c2cc5c(cc2N4c2ccccc2)C(C)(C)c2ccccc2-5)cc1)c1ccccc1C3(C)C. The van der Waals surface area contributed by atoms with Crippen LogP contribution in [0.5, 0.6) is 0 Å². The second-order valence-corrected chi connectivity index (χ2v) is 20.2. The van der Waals surface area contributed by atoms with Gasteiger partial charge in [-0.2, -0.15) is 0 Å². The molecule has 0 N–H and O–H groups in total. The highest BCUT2D eigenvalue weighted by atomic mass is 15.2. The van der Waals surface area contributed by atoms with E-state index in [4.69, 9.17) is 0 Å². The van der Waals surface area contributed by atoms with E-state index in [0.29, 0.717) is 0 Å². The molecule has 0 radical (unpaired) electrons. The second kappa shape index (κ2) is 12.5. The van der Waals surface area contributed by atoms with Gasteiger partial charge in [0.05, 0.1) is 22.7 Å². The first-order chi connectivity index (χ1) is 29.8. The van der Waals surface area contributed by atoms with Crippen LogP contribution < -0.4 is 9.80 Å². The molecular formula is C60H52N2. The van der Waals surface area contributed by atoms with E-state index in [1.54, 1.807) is 0 Å². The molecule has 4 aliphatic rings. The summed E-state index contributed by atoms with van der Waals surface area (Å²) in [6.07, 6.45) is 0. The van der Waals surface area contributed by atoms with Crippen molar-refractivity contribution in [1.82, 2.24) is 0 Å². The Morgan fingerprint density at radius 2 is 0.661 bits per heavy atom. The Labute approximate surface area is 367 Å². The van der Waals surface area contributed by atoms with Gasteiger partial charge in [0.1, 0.15) is 0 Å². The van der Waals surface area contributed by atoms with Gasteiger partial charge in [0.25, 0.3) is 0 Å². The van der Waals surface area contributed by atoms with Gasteiger partial charge in [-0.3, -0.25) is 0 Å². The number of fused-ring (bicyclic) bond motifs is 10. The van der Waals surface area contributed by atoms with E-state index in [9.17, 15) is 0 Å². The van der Waals surface area contributed by atoms with Crippen molar-refractivity contribution in [2.45, 2.75) is 77.0 Å². The molecule has 0 fully saturated rings. The lowest BCUT2D eigenvalue weighted by atomic mass is 9.71. The highest BCUT2D eigenvalue weighted by Gasteiger charge is 2.44. The molecule has 2 aliphatic heterocycles. The van der Waals surface area contributed by atoms with Crippen LogP contribution >= 0.6 is 0 Å². The number of para-hydroxylation sites is 2. The zero-order valence-corrected chi connectivity index (χ0v) is 37.1. The summed E-state index contributed by atoms with van der Waals surface area (Å²) < 4.78 is 0. The maximum Gasteiger partial charge on any atom is 0.0506 e. The summed E-state index contributed by atoms with van der Waals surface area (Å²) in [5, 5.41) is 0. The van der Waals surface area contributed by atoms with Crippen LogP contribution in [0.15, 0.2) is 170 Å². The lowest BCUT2D eigenvalue weighted by Gasteiger charge is -2.43. The van der Waals surface area contributed by atoms with E-state index in [1.807, 2.05) is 0 Å². The van der Waals surface area contributed by atoms with E-state index in [2.05, 4.69) is 235 Å². The third-order valence-corrected chi connectivity index (χ3v) is 15.4. The molecule has 302 valence electrons. The van der Waals surface area contributed by atoms with Crippen molar-refractivity contribution in [1.29, 1.82) is 0 Å². The van der Waals surface area contributed by atoms with E-state index in [-0.39, 0.29) is 21.7 Å². The maximum absolute atomic E-state index is 2.52. The number of nitrogens with zero attached hydrogens (tertiary/aromatic N) is 2. The van der Waals surface area contributed by atoms with Crippen molar-refractivity contribution in [3.8, 4) is 33.4 Å². The van der Waals surface area contributed by atoms with Crippen LogP contribution in [-0.2, 0) is 21.7 Å². The molecule has 0 aromatic heterocycles. The quantitative estimate of drug-likeness (QED) is 0.176. The van der Waals surface area contributed by atoms with Gasteiger partial charge in [0, 0.05) is 33.0 Å². The first kappa shape index (κ1) is 37.1. The summed E-state index contributed by atoms with van der Waals surface area (Å²) >= 11 is 0. The van der Waals surface area contributed by atoms with E-state index in [1.165, 1.54) is 112 Å². The lowest BCUT2D eigenvalue weighted by molar-refractivity contribution is 0.627. The summed E-state index contributed by atoms with van der Waals surface area (Å²) in [4.78, 5) is 5.02. The zero-order valence-electron chi connectivity index (χ0n) is 37.1. The Bertz CT molecular complexity index is 3180. The van der Waals surface area contributed by atoms with Crippen molar-refractivity contribution >= 4 is 34.1 Å². The molecule has 8 aromatic rings. The predicted octanol–water partition coefficient (Wildman–Crippen LogP) is 16.2. The number of benzene rings is 8. The van der Waals surface area contributed by atoms with Gasteiger partial charge < -0.3 is 9.80 Å². The molecule has 0 saturated carbocycles. The Hall–Kier alpha value is -6.64. The standard InChI is InChI=1S/C60H52N2/c1-57(2)45-22-14-12-20-41(45)43-33-51-55(35-48(43)57)62(53-25-17-16-24-47(53)59(51,5)6)40-29-26-37(27-30-40)38-28-31-54-50(32-38)60(7,8)52-34-44-42-21-13-15-23-46(42)58(3,4)49(44)36-56(52)61(54)39-18-10-9-11-19-39/h9-36H,1-8H3. The Kier molecular flexibility index (Phi) is 7.48. The Morgan fingerprint density at radius 1 is 0.258 bits per heavy atom. The molecule has 0 unspecified atom stereocenters. The summed E-state index contributed by atoms with van der Waals surface area (Å²) in [6, 6.07) is 64.4. The van der Waals surface area contributed by atoms with E-state index >= 15 is 0 Å². The molecular weight excluding hydrogens is 749 g/mol. The maximum atomic E-state index is 2.52. The fourth-order valence-corrected chi connectivity index (χ4v) is 11.9. The van der Waals surface area contributed by atoms with E-state index < -0.39 is 0 Å². The predicted molar refractivity (Wildman–Crippen MR) is 261 cm³/mol. The summed E-state index contributed by atoms with van der Waals surface area (Å²) in [5.41, 5.74) is 25.7. The Balaban J connectivity index is 0.982. The van der Waals surface area contributed by atoms with Crippen molar-refractivity contribution in [2.24, 2.45) is 0 Å². The molecule has 2 heteroatoms. The van der Waals surface area contributed by atoms with Gasteiger partial charge >= 0.3 is 0 Å². The van der Waals surface area contributed by atoms with Crippen LogP contribution in [-0.4, -0.2) is 0 Å². The van der Waals surface area contributed by atoms with Gasteiger partial charge in [-0.1, -0.05) is 159 Å². The van der Waals surface area contributed by atoms with Crippen LogP contribution in [0.25, 0.3) is 33.4 Å². The van der Waals surface area contributed by atoms with Gasteiger partial charge in [-0.25, -0.2) is 0 Å². The number of hydrogen-bond acceptors (Lipinski definition) is 2.